The molecule has 2 aromatic carbocycles. The minimum atomic E-state index is -3.47. The number of aromatic hydroxyl groups is 1. The van der Waals surface area contributed by atoms with Crippen molar-refractivity contribution in [1.82, 2.24) is 4.72 Å². The highest BCUT2D eigenvalue weighted by Gasteiger charge is 2.26. The second-order valence-electron chi connectivity index (χ2n) is 9.18. The molecule has 0 aromatic heterocycles. The van der Waals surface area contributed by atoms with Gasteiger partial charge in [0.05, 0.1) is 18.0 Å². The first-order chi connectivity index (χ1) is 16.3. The molecular weight excluding hydrogens is 452 g/mol. The quantitative estimate of drug-likeness (QED) is 0.326. The summed E-state index contributed by atoms with van der Waals surface area (Å²) < 4.78 is 33.6. The standard InChI is InChI=1S/C26H32N2O5S/c1-18(20-8-5-10-23(16-20)33-17-19-12-13-19)28-34(31,32)14-4-2-3-7-22-15-21-9-6-11-24(29)25(21)27-26(22)30/h2-3,5-6,8-11,16,18-19,22,28-29H,4,7,12-15,17H2,1H3,(H,27,30). The molecule has 182 valence electrons. The Morgan fingerprint density at radius 2 is 2.00 bits per heavy atom. The lowest BCUT2D eigenvalue weighted by atomic mass is 9.90. The number of carbonyl (C=O) groups is 1. The number of benzene rings is 2. The zero-order valence-corrected chi connectivity index (χ0v) is 20.2. The number of hydrogen-bond acceptors (Lipinski definition) is 5. The van der Waals surface area contributed by atoms with Gasteiger partial charge in [-0.25, -0.2) is 13.1 Å². The van der Waals surface area contributed by atoms with Crippen LogP contribution in [0.25, 0.3) is 0 Å². The zero-order valence-electron chi connectivity index (χ0n) is 19.4. The van der Waals surface area contributed by atoms with E-state index in [0.717, 1.165) is 16.9 Å². The SMILES string of the molecule is CC(NS(=O)(=O)CCC=CCC1Cc2cccc(O)c2NC1=O)c1cccc(OCC2CC2)c1. The van der Waals surface area contributed by atoms with Crippen molar-refractivity contribution in [3.63, 3.8) is 0 Å². The van der Waals surface area contributed by atoms with Crippen molar-refractivity contribution >= 4 is 21.6 Å². The first kappa shape index (κ1) is 24.3. The molecule has 0 radical (unpaired) electrons. The predicted molar refractivity (Wildman–Crippen MR) is 132 cm³/mol. The molecule has 7 nitrogen and oxygen atoms in total. The molecule has 1 fully saturated rings. The van der Waals surface area contributed by atoms with Gasteiger partial charge >= 0.3 is 0 Å². The summed E-state index contributed by atoms with van der Waals surface area (Å²) in [7, 11) is -3.47. The van der Waals surface area contributed by atoms with Gasteiger partial charge in [-0.1, -0.05) is 36.4 Å². The number of fused-ring (bicyclic) bond motifs is 1. The Labute approximate surface area is 201 Å². The molecule has 0 spiro atoms. The highest BCUT2D eigenvalue weighted by atomic mass is 32.2. The van der Waals surface area contributed by atoms with Gasteiger partial charge in [0.15, 0.2) is 0 Å². The second-order valence-corrected chi connectivity index (χ2v) is 11.1. The molecule has 2 atom stereocenters. The number of para-hydroxylation sites is 1. The Morgan fingerprint density at radius 1 is 1.21 bits per heavy atom. The highest BCUT2D eigenvalue weighted by molar-refractivity contribution is 7.89. The molecule has 34 heavy (non-hydrogen) atoms. The minimum absolute atomic E-state index is 0.0285. The van der Waals surface area contributed by atoms with Crippen LogP contribution in [-0.4, -0.2) is 31.8 Å². The van der Waals surface area contributed by atoms with Crippen molar-refractivity contribution in [3.05, 3.63) is 65.7 Å². The minimum Gasteiger partial charge on any atom is -0.506 e. The molecule has 0 bridgehead atoms. The van der Waals surface area contributed by atoms with Crippen LogP contribution in [0.2, 0.25) is 0 Å². The van der Waals surface area contributed by atoms with Gasteiger partial charge in [0.2, 0.25) is 15.9 Å². The van der Waals surface area contributed by atoms with Crippen LogP contribution in [0.15, 0.2) is 54.6 Å². The fourth-order valence-electron chi connectivity index (χ4n) is 4.04. The number of phenolic OH excluding ortho intramolecular Hbond substituents is 1. The van der Waals surface area contributed by atoms with Crippen LogP contribution in [0.1, 0.15) is 49.8 Å². The third-order valence-electron chi connectivity index (χ3n) is 6.25. The molecule has 1 heterocycles. The molecule has 1 amide bonds. The topological polar surface area (TPSA) is 105 Å². The van der Waals surface area contributed by atoms with Gasteiger partial charge in [-0.2, -0.15) is 0 Å². The summed E-state index contributed by atoms with van der Waals surface area (Å²) in [6.45, 7) is 2.54. The van der Waals surface area contributed by atoms with Gasteiger partial charge in [0, 0.05) is 12.0 Å². The van der Waals surface area contributed by atoms with Gasteiger partial charge < -0.3 is 15.2 Å². The third-order valence-corrected chi connectivity index (χ3v) is 7.74. The van der Waals surface area contributed by atoms with E-state index in [1.165, 1.54) is 12.8 Å². The van der Waals surface area contributed by atoms with E-state index in [1.54, 1.807) is 12.1 Å². The third kappa shape index (κ3) is 6.61. The number of anilines is 1. The second kappa shape index (κ2) is 10.6. The Kier molecular flexibility index (Phi) is 7.58. The van der Waals surface area contributed by atoms with Crippen LogP contribution in [0, 0.1) is 11.8 Å². The van der Waals surface area contributed by atoms with Crippen LogP contribution in [-0.2, 0) is 21.2 Å². The van der Waals surface area contributed by atoms with Crippen molar-refractivity contribution in [2.24, 2.45) is 11.8 Å². The van der Waals surface area contributed by atoms with E-state index in [0.29, 0.717) is 37.5 Å². The molecule has 8 heteroatoms. The van der Waals surface area contributed by atoms with Crippen LogP contribution < -0.4 is 14.8 Å². The molecule has 1 aliphatic carbocycles. The van der Waals surface area contributed by atoms with E-state index in [4.69, 9.17) is 4.74 Å². The molecule has 2 aliphatic rings. The summed E-state index contributed by atoms with van der Waals surface area (Å²) in [4.78, 5) is 12.3. The molecule has 2 unspecified atom stereocenters. The molecular formula is C26H32N2O5S. The number of sulfonamides is 1. The Bertz CT molecular complexity index is 1160. The molecule has 4 rings (SSSR count). The zero-order chi connectivity index (χ0) is 24.1. The van der Waals surface area contributed by atoms with Gasteiger partial charge in [-0.05, 0) is 74.3 Å². The van der Waals surface area contributed by atoms with E-state index in [9.17, 15) is 18.3 Å². The lowest BCUT2D eigenvalue weighted by Crippen LogP contribution is -2.29. The van der Waals surface area contributed by atoms with E-state index < -0.39 is 10.0 Å². The lowest BCUT2D eigenvalue weighted by Gasteiger charge is -2.24. The van der Waals surface area contributed by atoms with Crippen molar-refractivity contribution in [2.75, 3.05) is 17.7 Å². The summed E-state index contributed by atoms with van der Waals surface area (Å²) in [6.07, 6.45) is 7.52. The van der Waals surface area contributed by atoms with Crippen LogP contribution >= 0.6 is 0 Å². The number of ether oxygens (including phenoxy) is 1. The number of carbonyl (C=O) groups excluding carboxylic acids is 1. The Hall–Kier alpha value is -2.84. The van der Waals surface area contributed by atoms with Gasteiger partial charge in [0.1, 0.15) is 11.5 Å². The summed E-state index contributed by atoms with van der Waals surface area (Å²) >= 11 is 0. The average molecular weight is 485 g/mol. The lowest BCUT2D eigenvalue weighted by molar-refractivity contribution is -0.120. The summed E-state index contributed by atoms with van der Waals surface area (Å²) in [5, 5.41) is 12.6. The number of nitrogens with one attached hydrogen (secondary N) is 2. The smallest absolute Gasteiger partial charge is 0.228 e. The molecule has 2 aromatic rings. The number of allylic oxidation sites excluding steroid dienone is 2. The van der Waals surface area contributed by atoms with E-state index in [2.05, 4.69) is 10.0 Å². The number of rotatable bonds is 11. The fourth-order valence-corrected chi connectivity index (χ4v) is 5.28. The molecule has 3 N–H and O–H groups in total. The maximum atomic E-state index is 12.5. The predicted octanol–water partition coefficient (Wildman–Crippen LogP) is 4.31. The largest absolute Gasteiger partial charge is 0.506 e. The first-order valence-electron chi connectivity index (χ1n) is 11.8. The molecule has 1 saturated carbocycles. The monoisotopic (exact) mass is 484 g/mol. The van der Waals surface area contributed by atoms with E-state index in [1.807, 2.05) is 49.4 Å². The van der Waals surface area contributed by atoms with Gasteiger partial charge in [0.25, 0.3) is 0 Å². The van der Waals surface area contributed by atoms with E-state index >= 15 is 0 Å². The van der Waals surface area contributed by atoms with Crippen molar-refractivity contribution in [3.8, 4) is 11.5 Å². The molecule has 0 saturated heterocycles. The Balaban J connectivity index is 1.23. The Morgan fingerprint density at radius 3 is 2.79 bits per heavy atom. The first-order valence-corrected chi connectivity index (χ1v) is 13.5. The summed E-state index contributed by atoms with van der Waals surface area (Å²) in [5.74, 6) is 1.09. The van der Waals surface area contributed by atoms with Crippen molar-refractivity contribution in [1.29, 1.82) is 0 Å². The summed E-state index contributed by atoms with van der Waals surface area (Å²) in [6, 6.07) is 12.4. The van der Waals surface area contributed by atoms with Crippen molar-refractivity contribution in [2.45, 2.75) is 45.1 Å². The normalized spacial score (nSPS) is 19.0. The van der Waals surface area contributed by atoms with Crippen LogP contribution in [0.3, 0.4) is 0 Å². The maximum Gasteiger partial charge on any atom is 0.228 e. The maximum absolute atomic E-state index is 12.5. The van der Waals surface area contributed by atoms with Crippen LogP contribution in [0.4, 0.5) is 5.69 Å². The van der Waals surface area contributed by atoms with Crippen molar-refractivity contribution < 1.29 is 23.1 Å². The van der Waals surface area contributed by atoms with E-state index in [-0.39, 0.29) is 29.4 Å². The van der Waals surface area contributed by atoms with Crippen LogP contribution in [0.5, 0.6) is 11.5 Å². The number of amides is 1. The highest BCUT2D eigenvalue weighted by Crippen LogP contribution is 2.34. The average Bonchev–Trinajstić information content (AvgIpc) is 3.63. The summed E-state index contributed by atoms with van der Waals surface area (Å²) in [5.41, 5.74) is 2.25. The van der Waals surface area contributed by atoms with Gasteiger partial charge in [-0.15, -0.1) is 0 Å². The number of hydrogen-bond donors (Lipinski definition) is 3. The molecule has 1 aliphatic heterocycles. The number of phenols is 1. The van der Waals surface area contributed by atoms with Gasteiger partial charge in [-0.3, -0.25) is 4.79 Å². The fraction of sp³-hybridized carbons (Fsp3) is 0.423.